The van der Waals surface area contributed by atoms with E-state index in [4.69, 9.17) is 57.5 Å². The number of para-hydroxylation sites is 1. The van der Waals surface area contributed by atoms with E-state index in [0.717, 1.165) is 58.7 Å². The third-order valence-corrected chi connectivity index (χ3v) is 13.3. The molecule has 0 radical (unpaired) electrons. The first kappa shape index (κ1) is 64.0. The quantitative estimate of drug-likeness (QED) is 0.00917. The molecule has 0 saturated heterocycles. The molecule has 0 aliphatic heterocycles. The molecule has 2 saturated carbocycles. The van der Waals surface area contributed by atoms with E-state index in [-0.39, 0.29) is 78.9 Å². The first-order chi connectivity index (χ1) is 35.7. The minimum Gasteiger partial charge on any atom is -0.493 e. The van der Waals surface area contributed by atoms with Gasteiger partial charge in [0.05, 0.1) is 67.8 Å². The van der Waals surface area contributed by atoms with Crippen LogP contribution in [0.2, 0.25) is 0 Å². The standard InChI is InChI=1S/C55H61N3O14S.4CH4/c1-4-51(59)69-36-67-43-18-22-45(23-19-43)71-53(61)40-14-10-38(11-15-40)34-65-47-26-27-49(42(32-47)33-56-58(28-29-64-31-30-63-3)55-57-48-8-6-7-9-50(48)73-55)66-35-39-12-16-41(17-13-39)54(62)72-46-24-20-44(21-25-46)68-37-70-52(60)5-2;;;;/h4-9,18-27,32-33,38-41H,1-2,10-17,28-31,34-37H2,3H3;4*1H4/b56-33+;;;;. The van der Waals surface area contributed by atoms with Crippen molar-refractivity contribution in [2.45, 2.75) is 81.1 Å². The summed E-state index contributed by atoms with van der Waals surface area (Å²) in [4.78, 5) is 53.6. The number of methoxy groups -OCH3 is 1. The number of carbonyl (C=O) groups is 4. The lowest BCUT2D eigenvalue weighted by atomic mass is 9.82. The molecule has 0 N–H and O–H groups in total. The van der Waals surface area contributed by atoms with Gasteiger partial charge in [0.1, 0.15) is 34.5 Å². The molecular formula is C59H77N3O14S. The molecule has 4 aromatic carbocycles. The Morgan fingerprint density at radius 1 is 0.623 bits per heavy atom. The van der Waals surface area contributed by atoms with Gasteiger partial charge >= 0.3 is 23.9 Å². The fraction of sp³-hybridized carbons (Fsp3) is 0.424. The number of rotatable bonds is 27. The number of fused-ring (bicyclic) bond motifs is 1. The van der Waals surface area contributed by atoms with Gasteiger partial charge in [-0.2, -0.15) is 5.10 Å². The Morgan fingerprint density at radius 2 is 1.13 bits per heavy atom. The van der Waals surface area contributed by atoms with E-state index in [1.165, 1.54) is 0 Å². The van der Waals surface area contributed by atoms with Gasteiger partial charge in [-0.15, -0.1) is 0 Å². The molecule has 2 fully saturated rings. The van der Waals surface area contributed by atoms with E-state index in [1.54, 1.807) is 73.2 Å². The van der Waals surface area contributed by atoms with E-state index in [0.29, 0.717) is 99.8 Å². The molecule has 0 atom stereocenters. The highest BCUT2D eigenvalue weighted by Gasteiger charge is 2.30. The molecule has 0 unspecified atom stereocenters. The maximum atomic E-state index is 13.2. The monoisotopic (exact) mass is 1080 g/mol. The Bertz CT molecular complexity index is 2590. The molecule has 18 heteroatoms. The van der Waals surface area contributed by atoms with Crippen molar-refractivity contribution >= 4 is 56.8 Å². The summed E-state index contributed by atoms with van der Waals surface area (Å²) < 4.78 is 56.9. The van der Waals surface area contributed by atoms with Crippen LogP contribution in [0.1, 0.15) is 86.6 Å². The molecule has 0 bridgehead atoms. The van der Waals surface area contributed by atoms with E-state index in [9.17, 15) is 19.2 Å². The smallest absolute Gasteiger partial charge is 0.333 e. The number of anilines is 1. The highest BCUT2D eigenvalue weighted by Crippen LogP contribution is 2.35. The predicted molar refractivity (Wildman–Crippen MR) is 300 cm³/mol. The lowest BCUT2D eigenvalue weighted by molar-refractivity contribution is -0.145. The van der Waals surface area contributed by atoms with Crippen LogP contribution in [0, 0.1) is 23.7 Å². The Hall–Kier alpha value is -7.28. The van der Waals surface area contributed by atoms with Crippen LogP contribution in [-0.4, -0.2) is 95.4 Å². The summed E-state index contributed by atoms with van der Waals surface area (Å²) in [6, 6.07) is 26.8. The molecule has 2 aliphatic rings. The summed E-state index contributed by atoms with van der Waals surface area (Å²) >= 11 is 1.54. The van der Waals surface area contributed by atoms with Crippen molar-refractivity contribution in [3.63, 3.8) is 0 Å². The van der Waals surface area contributed by atoms with Gasteiger partial charge in [0.25, 0.3) is 0 Å². The van der Waals surface area contributed by atoms with Crippen LogP contribution in [0.4, 0.5) is 5.13 Å². The first-order valence-corrected chi connectivity index (χ1v) is 25.1. The minimum atomic E-state index is -0.587. The number of aromatic nitrogens is 1. The zero-order valence-corrected chi connectivity index (χ0v) is 41.7. The van der Waals surface area contributed by atoms with Gasteiger partial charge in [0, 0.05) is 24.8 Å². The average molecular weight is 1080 g/mol. The topological polar surface area (TPSA) is 189 Å². The number of hydrazone groups is 1. The summed E-state index contributed by atoms with van der Waals surface area (Å²) in [6.07, 6.45) is 9.74. The molecule has 5 aromatic rings. The third kappa shape index (κ3) is 20.3. The number of benzene rings is 4. The zero-order chi connectivity index (χ0) is 51.2. The van der Waals surface area contributed by atoms with Crippen LogP contribution >= 0.6 is 11.3 Å². The Morgan fingerprint density at radius 3 is 1.65 bits per heavy atom. The second-order valence-corrected chi connectivity index (χ2v) is 18.3. The molecule has 418 valence electrons. The van der Waals surface area contributed by atoms with Crippen molar-refractivity contribution in [2.75, 3.05) is 65.3 Å². The van der Waals surface area contributed by atoms with Gasteiger partial charge in [0.15, 0.2) is 0 Å². The molecule has 7 rings (SSSR count). The fourth-order valence-electron chi connectivity index (χ4n) is 8.14. The van der Waals surface area contributed by atoms with Crippen molar-refractivity contribution < 1.29 is 66.5 Å². The number of nitrogens with zero attached hydrogens (tertiary/aromatic N) is 3. The van der Waals surface area contributed by atoms with Crippen molar-refractivity contribution in [1.82, 2.24) is 4.98 Å². The Balaban J connectivity index is 0.00000390. The zero-order valence-electron chi connectivity index (χ0n) is 40.9. The first-order valence-electron chi connectivity index (χ1n) is 24.3. The van der Waals surface area contributed by atoms with Crippen LogP contribution < -0.4 is 33.4 Å². The van der Waals surface area contributed by atoms with Crippen LogP contribution in [0.5, 0.6) is 34.5 Å². The summed E-state index contributed by atoms with van der Waals surface area (Å²) in [5, 5.41) is 7.51. The third-order valence-electron chi connectivity index (χ3n) is 12.3. The predicted octanol–water partition coefficient (Wildman–Crippen LogP) is 12.1. The number of esters is 4. The second-order valence-electron chi connectivity index (χ2n) is 17.3. The van der Waals surface area contributed by atoms with Crippen LogP contribution in [0.3, 0.4) is 0 Å². The van der Waals surface area contributed by atoms with E-state index >= 15 is 0 Å². The van der Waals surface area contributed by atoms with Gasteiger partial charge in [0.2, 0.25) is 18.7 Å². The number of hydrogen-bond donors (Lipinski definition) is 0. The number of thiazole rings is 1. The summed E-state index contributed by atoms with van der Waals surface area (Å²) in [5.41, 5.74) is 1.60. The normalized spacial score (nSPS) is 16.6. The van der Waals surface area contributed by atoms with Crippen molar-refractivity contribution in [3.05, 3.63) is 122 Å². The van der Waals surface area contributed by atoms with Crippen LogP contribution in [0.15, 0.2) is 121 Å². The number of carbonyl (C=O) groups excluding carboxylic acids is 4. The van der Waals surface area contributed by atoms with Gasteiger partial charge < -0.3 is 47.4 Å². The number of hydrogen-bond acceptors (Lipinski definition) is 18. The van der Waals surface area contributed by atoms with Gasteiger partial charge in [-0.05, 0) is 142 Å². The minimum absolute atomic E-state index is 0. The molecule has 17 nitrogen and oxygen atoms in total. The van der Waals surface area contributed by atoms with Gasteiger partial charge in [-0.1, -0.05) is 66.3 Å². The fourth-order valence-corrected chi connectivity index (χ4v) is 9.09. The van der Waals surface area contributed by atoms with Gasteiger partial charge in [-0.3, -0.25) is 9.59 Å². The molecule has 0 spiro atoms. The van der Waals surface area contributed by atoms with E-state index < -0.39 is 11.9 Å². The van der Waals surface area contributed by atoms with Gasteiger partial charge in [-0.25, -0.2) is 19.6 Å². The van der Waals surface area contributed by atoms with Crippen LogP contribution in [0.25, 0.3) is 10.2 Å². The largest absolute Gasteiger partial charge is 0.493 e. The summed E-state index contributed by atoms with van der Waals surface area (Å²) in [7, 11) is 1.64. The molecule has 1 aromatic heterocycles. The Kier molecular flexibility index (Phi) is 28.0. The van der Waals surface area contributed by atoms with E-state index in [1.807, 2.05) is 47.5 Å². The molecular weight excluding hydrogens is 1010 g/mol. The Labute approximate surface area is 458 Å². The molecule has 0 amide bonds. The van der Waals surface area contributed by atoms with Crippen LogP contribution in [-0.2, 0) is 38.1 Å². The number of ether oxygens (including phenoxy) is 10. The summed E-state index contributed by atoms with van der Waals surface area (Å²) in [6.45, 7) is 8.88. The average Bonchev–Trinajstić information content (AvgIpc) is 3.86. The summed E-state index contributed by atoms with van der Waals surface area (Å²) in [5.74, 6) is 1.28. The lowest BCUT2D eigenvalue weighted by Gasteiger charge is -2.28. The molecule has 2 aliphatic carbocycles. The maximum absolute atomic E-state index is 13.2. The SMILES string of the molecule is C.C.C.C.C=CC(=O)OCOc1ccc(OC(=O)C2CCC(COc3ccc(OCC4CCC(C(=O)Oc5ccc(OCOC(=O)C=C)cc5)CC4)c(/C=N/N(CCOCCOC)c4nc5ccccc5s4)c3)CC2)cc1. The van der Waals surface area contributed by atoms with Crippen molar-refractivity contribution in [1.29, 1.82) is 0 Å². The molecule has 77 heavy (non-hydrogen) atoms. The second kappa shape index (κ2) is 33.7. The van der Waals surface area contributed by atoms with E-state index in [2.05, 4.69) is 13.2 Å². The lowest BCUT2D eigenvalue weighted by Crippen LogP contribution is -2.28. The highest BCUT2D eigenvalue weighted by molar-refractivity contribution is 7.22. The maximum Gasteiger partial charge on any atom is 0.333 e. The molecule has 1 heterocycles. The highest BCUT2D eigenvalue weighted by atomic mass is 32.1. The van der Waals surface area contributed by atoms with Crippen molar-refractivity contribution in [3.8, 4) is 34.5 Å². The van der Waals surface area contributed by atoms with Crippen molar-refractivity contribution in [2.24, 2.45) is 28.8 Å².